The minimum absolute atomic E-state index is 0.0257. The molecule has 0 saturated heterocycles. The first-order valence-electron chi connectivity index (χ1n) is 8.15. The molecule has 6 heteroatoms. The number of aryl methyl sites for hydroxylation is 1. The summed E-state index contributed by atoms with van der Waals surface area (Å²) in [6.45, 7) is 1.37. The fourth-order valence-electron chi connectivity index (χ4n) is 3.31. The molecule has 1 aromatic rings. The van der Waals surface area contributed by atoms with Gasteiger partial charge in [-0.15, -0.1) is 23.2 Å². The Balaban J connectivity index is 1.61. The fourth-order valence-corrected chi connectivity index (χ4v) is 4.00. The van der Waals surface area contributed by atoms with Gasteiger partial charge in [-0.25, -0.2) is 0 Å². The molecule has 0 N–H and O–H groups in total. The second kappa shape index (κ2) is 6.23. The molecule has 1 fully saturated rings. The molecular weight excluding hydrogens is 349 g/mol. The molecule has 1 aromatic carbocycles. The first kappa shape index (κ1) is 17.6. The number of hydrogen-bond acceptors (Lipinski definition) is 3. The summed E-state index contributed by atoms with van der Waals surface area (Å²) in [5, 5.41) is 0. The van der Waals surface area contributed by atoms with E-state index in [4.69, 9.17) is 27.9 Å². The molecule has 0 bridgehead atoms. The van der Waals surface area contributed by atoms with E-state index in [-0.39, 0.29) is 18.6 Å². The minimum Gasteiger partial charge on any atom is -0.455 e. The lowest BCUT2D eigenvalue weighted by atomic mass is 9.87. The van der Waals surface area contributed by atoms with Gasteiger partial charge in [-0.3, -0.25) is 9.59 Å². The molecule has 0 aliphatic heterocycles. The van der Waals surface area contributed by atoms with Gasteiger partial charge in [-0.05, 0) is 37.3 Å². The lowest BCUT2D eigenvalue weighted by Crippen LogP contribution is -2.37. The van der Waals surface area contributed by atoms with Crippen LogP contribution in [0.4, 0.5) is 0 Å². The lowest BCUT2D eigenvalue weighted by molar-refractivity contribution is -0.156. The number of ether oxygens (including phenoxy) is 1. The molecule has 0 heterocycles. The Bertz CT molecular complexity index is 676. The highest BCUT2D eigenvalue weighted by molar-refractivity contribution is 6.53. The number of carbonyl (C=O) groups is 2. The van der Waals surface area contributed by atoms with E-state index in [1.54, 1.807) is 18.9 Å². The highest BCUT2D eigenvalue weighted by Gasteiger charge is 2.69. The van der Waals surface area contributed by atoms with Crippen LogP contribution >= 0.6 is 23.2 Å². The monoisotopic (exact) mass is 369 g/mol. The van der Waals surface area contributed by atoms with Crippen LogP contribution in [0.3, 0.4) is 0 Å². The van der Waals surface area contributed by atoms with Crippen molar-refractivity contribution in [2.24, 2.45) is 5.41 Å². The molecular formula is C18H21Cl2NO3. The van der Waals surface area contributed by atoms with Crippen LogP contribution in [0.25, 0.3) is 0 Å². The van der Waals surface area contributed by atoms with Gasteiger partial charge in [0.05, 0.1) is 6.04 Å². The van der Waals surface area contributed by atoms with Crippen LogP contribution in [-0.2, 0) is 20.7 Å². The maximum Gasteiger partial charge on any atom is 0.315 e. The van der Waals surface area contributed by atoms with E-state index in [0.717, 1.165) is 19.3 Å². The number of benzene rings is 1. The summed E-state index contributed by atoms with van der Waals surface area (Å²) in [5.74, 6) is -0.734. The number of carbonyl (C=O) groups excluding carboxylic acids is 2. The molecule has 2 unspecified atom stereocenters. The lowest BCUT2D eigenvalue weighted by Gasteiger charge is -2.33. The van der Waals surface area contributed by atoms with E-state index in [0.29, 0.717) is 6.42 Å². The molecule has 2 aliphatic carbocycles. The summed E-state index contributed by atoms with van der Waals surface area (Å²) in [7, 11) is 1.76. The molecule has 0 radical (unpaired) electrons. The normalized spacial score (nSPS) is 27.1. The molecule has 0 spiro atoms. The van der Waals surface area contributed by atoms with Crippen LogP contribution in [0.2, 0.25) is 0 Å². The zero-order valence-corrected chi connectivity index (χ0v) is 15.4. The minimum atomic E-state index is -1.08. The van der Waals surface area contributed by atoms with E-state index in [1.165, 1.54) is 11.1 Å². The van der Waals surface area contributed by atoms with Crippen molar-refractivity contribution in [1.29, 1.82) is 0 Å². The van der Waals surface area contributed by atoms with Gasteiger partial charge in [0.25, 0.3) is 5.91 Å². The summed E-state index contributed by atoms with van der Waals surface area (Å²) in [4.78, 5) is 26.2. The summed E-state index contributed by atoms with van der Waals surface area (Å²) < 4.78 is 4.09. The smallest absolute Gasteiger partial charge is 0.315 e. The first-order valence-corrected chi connectivity index (χ1v) is 8.90. The number of halogens is 2. The van der Waals surface area contributed by atoms with E-state index >= 15 is 0 Å². The summed E-state index contributed by atoms with van der Waals surface area (Å²) >= 11 is 11.9. The van der Waals surface area contributed by atoms with Gasteiger partial charge in [-0.1, -0.05) is 24.3 Å². The molecule has 24 heavy (non-hydrogen) atoms. The van der Waals surface area contributed by atoms with Crippen LogP contribution < -0.4 is 0 Å². The Morgan fingerprint density at radius 3 is 2.67 bits per heavy atom. The van der Waals surface area contributed by atoms with Crippen LogP contribution in [0, 0.1) is 5.41 Å². The van der Waals surface area contributed by atoms with E-state index in [2.05, 4.69) is 12.1 Å². The SMILES string of the molecule is CN(C(=O)COC(=O)C1(C)CC1(Cl)Cl)C1CCCc2ccccc21. The number of fused-ring (bicyclic) bond motifs is 1. The number of alkyl halides is 2. The van der Waals surface area contributed by atoms with Crippen molar-refractivity contribution in [3.8, 4) is 0 Å². The maximum absolute atomic E-state index is 12.4. The van der Waals surface area contributed by atoms with Crippen LogP contribution in [0.1, 0.15) is 43.4 Å². The maximum atomic E-state index is 12.4. The largest absolute Gasteiger partial charge is 0.455 e. The number of nitrogens with zero attached hydrogens (tertiary/aromatic N) is 1. The Hall–Kier alpha value is -1.26. The highest BCUT2D eigenvalue weighted by atomic mass is 35.5. The molecule has 1 saturated carbocycles. The predicted molar refractivity (Wildman–Crippen MR) is 93.0 cm³/mol. The number of hydrogen-bond donors (Lipinski definition) is 0. The van der Waals surface area contributed by atoms with Crippen molar-refractivity contribution in [2.45, 2.75) is 43.0 Å². The molecule has 3 rings (SSSR count). The third-order valence-corrected chi connectivity index (χ3v) is 6.34. The van der Waals surface area contributed by atoms with Crippen LogP contribution in [0.15, 0.2) is 24.3 Å². The van der Waals surface area contributed by atoms with Gasteiger partial charge in [0.2, 0.25) is 0 Å². The Morgan fingerprint density at radius 1 is 1.33 bits per heavy atom. The summed E-state index contributed by atoms with van der Waals surface area (Å²) in [5.41, 5.74) is 1.55. The van der Waals surface area contributed by atoms with Crippen molar-refractivity contribution in [3.63, 3.8) is 0 Å². The van der Waals surface area contributed by atoms with E-state index in [1.807, 2.05) is 12.1 Å². The van der Waals surface area contributed by atoms with Crippen LogP contribution in [-0.4, -0.2) is 34.8 Å². The molecule has 1 amide bonds. The van der Waals surface area contributed by atoms with Crippen molar-refractivity contribution in [3.05, 3.63) is 35.4 Å². The van der Waals surface area contributed by atoms with Gasteiger partial charge in [-0.2, -0.15) is 0 Å². The molecule has 4 nitrogen and oxygen atoms in total. The molecule has 2 aliphatic rings. The summed E-state index contributed by atoms with van der Waals surface area (Å²) in [6.07, 6.45) is 3.34. The summed E-state index contributed by atoms with van der Waals surface area (Å²) in [6, 6.07) is 8.21. The number of likely N-dealkylation sites (N-methyl/N-ethyl adjacent to an activating group) is 1. The average molecular weight is 370 g/mol. The average Bonchev–Trinajstić information content (AvgIpc) is 3.10. The molecule has 130 valence electrons. The van der Waals surface area contributed by atoms with Gasteiger partial charge < -0.3 is 9.64 Å². The van der Waals surface area contributed by atoms with Crippen LogP contribution in [0.5, 0.6) is 0 Å². The van der Waals surface area contributed by atoms with Crippen molar-refractivity contribution >= 4 is 35.1 Å². The van der Waals surface area contributed by atoms with Crippen molar-refractivity contribution in [2.75, 3.05) is 13.7 Å². The number of esters is 1. The standard InChI is InChI=1S/C18H21Cl2NO3/c1-17(11-18(17,19)20)16(23)24-10-15(22)21(2)14-9-5-7-12-6-3-4-8-13(12)14/h3-4,6,8,14H,5,7,9-11H2,1-2H3. The Kier molecular flexibility index (Phi) is 4.56. The second-order valence-corrected chi connectivity index (χ2v) is 8.38. The van der Waals surface area contributed by atoms with E-state index in [9.17, 15) is 9.59 Å². The van der Waals surface area contributed by atoms with Gasteiger partial charge in [0, 0.05) is 13.5 Å². The second-order valence-electron chi connectivity index (χ2n) is 6.90. The fraction of sp³-hybridized carbons (Fsp3) is 0.556. The van der Waals surface area contributed by atoms with Gasteiger partial charge >= 0.3 is 5.97 Å². The predicted octanol–water partition coefficient (Wildman–Crippen LogP) is 3.65. The van der Waals surface area contributed by atoms with Crippen molar-refractivity contribution in [1.82, 2.24) is 4.90 Å². The molecule has 2 atom stereocenters. The third kappa shape index (κ3) is 3.02. The third-order valence-electron chi connectivity index (χ3n) is 5.23. The Morgan fingerprint density at radius 2 is 2.00 bits per heavy atom. The number of amides is 1. The quantitative estimate of drug-likeness (QED) is 0.601. The molecule has 0 aromatic heterocycles. The van der Waals surface area contributed by atoms with Gasteiger partial charge in [0.15, 0.2) is 6.61 Å². The number of rotatable bonds is 4. The van der Waals surface area contributed by atoms with E-state index < -0.39 is 15.7 Å². The zero-order valence-electron chi connectivity index (χ0n) is 13.9. The van der Waals surface area contributed by atoms with Gasteiger partial charge in [0.1, 0.15) is 9.75 Å². The Labute approximate surface area is 152 Å². The zero-order chi connectivity index (χ0) is 17.5. The van der Waals surface area contributed by atoms with Crippen molar-refractivity contribution < 1.29 is 14.3 Å². The first-order chi connectivity index (χ1) is 11.3. The topological polar surface area (TPSA) is 46.6 Å². The highest BCUT2D eigenvalue weighted by Crippen LogP contribution is 2.64.